The fourth-order valence-electron chi connectivity index (χ4n) is 1.93. The molecule has 0 aromatic carbocycles. The highest BCUT2D eigenvalue weighted by Gasteiger charge is 2.48. The molecule has 0 aromatic heterocycles. The quantitative estimate of drug-likeness (QED) is 0.664. The van der Waals surface area contributed by atoms with Gasteiger partial charge in [-0.2, -0.15) is 0 Å². The zero-order chi connectivity index (χ0) is 10.2. The molecule has 1 saturated heterocycles. The molecule has 0 bridgehead atoms. The van der Waals surface area contributed by atoms with E-state index < -0.39 is 5.91 Å². The lowest BCUT2D eigenvalue weighted by atomic mass is 10.1. The summed E-state index contributed by atoms with van der Waals surface area (Å²) in [5.74, 6) is -0.585. The van der Waals surface area contributed by atoms with E-state index in [1.807, 2.05) is 0 Å². The average molecular weight is 217 g/mol. The van der Waals surface area contributed by atoms with Crippen molar-refractivity contribution in [1.29, 1.82) is 0 Å². The molecule has 1 spiro atoms. The van der Waals surface area contributed by atoms with Crippen LogP contribution in [0.5, 0.6) is 0 Å². The Morgan fingerprint density at radius 3 is 2.57 bits per heavy atom. The monoisotopic (exact) mass is 216 g/mol. The molecule has 5 heteroatoms. The van der Waals surface area contributed by atoms with Crippen LogP contribution in [0.25, 0.3) is 0 Å². The van der Waals surface area contributed by atoms with Crippen LogP contribution in [0.3, 0.4) is 0 Å². The third-order valence-electron chi connectivity index (χ3n) is 3.05. The molecule has 1 aliphatic heterocycles. The van der Waals surface area contributed by atoms with Gasteiger partial charge < -0.3 is 4.90 Å². The average Bonchev–Trinajstić information content (AvgIpc) is 2.76. The smallest absolute Gasteiger partial charge is 0.324 e. The van der Waals surface area contributed by atoms with Gasteiger partial charge in [0.2, 0.25) is 5.91 Å². The van der Waals surface area contributed by atoms with E-state index in [2.05, 4.69) is 5.32 Å². The van der Waals surface area contributed by atoms with Crippen LogP contribution >= 0.6 is 11.6 Å². The van der Waals surface area contributed by atoms with E-state index in [0.717, 1.165) is 19.5 Å². The molecule has 1 heterocycles. The fraction of sp³-hybridized carbons (Fsp3) is 0.778. The van der Waals surface area contributed by atoms with Crippen LogP contribution in [-0.4, -0.2) is 35.8 Å². The number of rotatable bonds is 1. The number of nitrogens with zero attached hydrogens (tertiary/aromatic N) is 1. The Morgan fingerprint density at radius 1 is 1.36 bits per heavy atom. The number of urea groups is 1. The van der Waals surface area contributed by atoms with Gasteiger partial charge in [-0.25, -0.2) is 4.79 Å². The van der Waals surface area contributed by atoms with Gasteiger partial charge >= 0.3 is 6.03 Å². The van der Waals surface area contributed by atoms with Gasteiger partial charge in [0.05, 0.1) is 0 Å². The predicted molar refractivity (Wildman–Crippen MR) is 52.1 cm³/mol. The van der Waals surface area contributed by atoms with Crippen molar-refractivity contribution in [2.45, 2.75) is 19.3 Å². The number of carbonyl (C=O) groups excluding carboxylic acids is 2. The molecule has 1 N–H and O–H groups in total. The van der Waals surface area contributed by atoms with Gasteiger partial charge in [-0.15, -0.1) is 11.6 Å². The molecule has 1 saturated carbocycles. The van der Waals surface area contributed by atoms with Crippen molar-refractivity contribution in [2.24, 2.45) is 5.41 Å². The van der Waals surface area contributed by atoms with Gasteiger partial charge in [0, 0.05) is 13.1 Å². The maximum Gasteiger partial charge on any atom is 0.324 e. The highest BCUT2D eigenvalue weighted by atomic mass is 35.5. The summed E-state index contributed by atoms with van der Waals surface area (Å²) >= 11 is 5.29. The molecule has 1 aliphatic carbocycles. The SMILES string of the molecule is O=C(CCl)NC(=O)N1CCC2(CC2)C1. The number of carbonyl (C=O) groups is 2. The summed E-state index contributed by atoms with van der Waals surface area (Å²) in [5, 5.41) is 2.25. The lowest BCUT2D eigenvalue weighted by Gasteiger charge is -2.15. The molecule has 4 nitrogen and oxygen atoms in total. The molecule has 0 aromatic rings. The molecular formula is C9H13ClN2O2. The number of imide groups is 1. The van der Waals surface area contributed by atoms with Crippen LogP contribution in [0, 0.1) is 5.41 Å². The first kappa shape index (κ1) is 9.77. The minimum absolute atomic E-state index is 0.162. The summed E-state index contributed by atoms with van der Waals surface area (Å²) in [6, 6.07) is -0.292. The van der Waals surface area contributed by atoms with E-state index >= 15 is 0 Å². The number of amides is 3. The second-order valence-corrected chi connectivity index (χ2v) is 4.43. The largest absolute Gasteiger partial charge is 0.324 e. The number of halogens is 1. The van der Waals surface area contributed by atoms with Gasteiger partial charge in [-0.1, -0.05) is 0 Å². The highest BCUT2D eigenvalue weighted by Crippen LogP contribution is 2.52. The van der Waals surface area contributed by atoms with Crippen molar-refractivity contribution in [3.8, 4) is 0 Å². The second-order valence-electron chi connectivity index (χ2n) is 4.16. The third kappa shape index (κ3) is 1.85. The van der Waals surface area contributed by atoms with Gasteiger partial charge in [0.25, 0.3) is 0 Å². The van der Waals surface area contributed by atoms with Crippen LogP contribution < -0.4 is 5.32 Å². The fourth-order valence-corrected chi connectivity index (χ4v) is 1.99. The van der Waals surface area contributed by atoms with E-state index in [4.69, 9.17) is 11.6 Å². The van der Waals surface area contributed by atoms with Crippen molar-refractivity contribution in [2.75, 3.05) is 19.0 Å². The summed E-state index contributed by atoms with van der Waals surface area (Å²) in [4.78, 5) is 24.0. The Hall–Kier alpha value is -0.770. The first-order chi connectivity index (χ1) is 6.65. The Kier molecular flexibility index (Phi) is 2.39. The maximum absolute atomic E-state index is 11.5. The number of hydrogen-bond acceptors (Lipinski definition) is 2. The van der Waals surface area contributed by atoms with Gasteiger partial charge in [0.1, 0.15) is 5.88 Å². The standard InChI is InChI=1S/C9H13ClN2O2/c10-5-7(13)11-8(14)12-4-3-9(6-12)1-2-9/h1-6H2,(H,11,13,14). The summed E-state index contributed by atoms with van der Waals surface area (Å²) in [6.07, 6.45) is 3.52. The number of alkyl halides is 1. The Bertz CT molecular complexity index is 276. The van der Waals surface area contributed by atoms with Crippen molar-refractivity contribution in [1.82, 2.24) is 10.2 Å². The van der Waals surface area contributed by atoms with Crippen molar-refractivity contribution in [3.63, 3.8) is 0 Å². The van der Waals surface area contributed by atoms with Crippen LogP contribution in [0.1, 0.15) is 19.3 Å². The zero-order valence-electron chi connectivity index (χ0n) is 7.88. The normalized spacial score (nSPS) is 22.5. The molecule has 14 heavy (non-hydrogen) atoms. The van der Waals surface area contributed by atoms with Crippen LogP contribution in [0.15, 0.2) is 0 Å². The van der Waals surface area contributed by atoms with Crippen molar-refractivity contribution in [3.05, 3.63) is 0 Å². The van der Waals surface area contributed by atoms with E-state index in [9.17, 15) is 9.59 Å². The number of hydrogen-bond donors (Lipinski definition) is 1. The first-order valence-electron chi connectivity index (χ1n) is 4.80. The Balaban J connectivity index is 1.84. The lowest BCUT2D eigenvalue weighted by molar-refractivity contribution is -0.117. The van der Waals surface area contributed by atoms with E-state index in [1.54, 1.807) is 4.90 Å². The van der Waals surface area contributed by atoms with E-state index in [1.165, 1.54) is 12.8 Å². The molecule has 0 unspecified atom stereocenters. The van der Waals surface area contributed by atoms with Crippen molar-refractivity contribution < 1.29 is 9.59 Å². The summed E-state index contributed by atoms with van der Waals surface area (Å²) in [6.45, 7) is 1.57. The maximum atomic E-state index is 11.5. The summed E-state index contributed by atoms with van der Waals surface area (Å²) in [7, 11) is 0. The third-order valence-corrected chi connectivity index (χ3v) is 3.29. The van der Waals surface area contributed by atoms with Crippen LogP contribution in [0.4, 0.5) is 4.79 Å². The molecular weight excluding hydrogens is 204 g/mol. The molecule has 0 radical (unpaired) electrons. The minimum Gasteiger partial charge on any atom is -0.324 e. The second kappa shape index (κ2) is 3.42. The predicted octanol–water partition coefficient (Wildman–Crippen LogP) is 0.947. The van der Waals surface area contributed by atoms with E-state index in [0.29, 0.717) is 5.41 Å². The molecule has 3 amide bonds. The minimum atomic E-state index is -0.423. The van der Waals surface area contributed by atoms with Crippen LogP contribution in [-0.2, 0) is 4.79 Å². The molecule has 2 fully saturated rings. The first-order valence-corrected chi connectivity index (χ1v) is 5.33. The summed E-state index contributed by atoms with van der Waals surface area (Å²) in [5.41, 5.74) is 0.404. The molecule has 2 rings (SSSR count). The Labute approximate surface area is 87.6 Å². The molecule has 78 valence electrons. The molecule has 0 atom stereocenters. The van der Waals surface area contributed by atoms with E-state index in [-0.39, 0.29) is 11.9 Å². The lowest BCUT2D eigenvalue weighted by Crippen LogP contribution is -2.42. The molecule has 2 aliphatic rings. The van der Waals surface area contributed by atoms with Gasteiger partial charge in [0.15, 0.2) is 0 Å². The number of likely N-dealkylation sites (tertiary alicyclic amines) is 1. The van der Waals surface area contributed by atoms with Gasteiger partial charge in [-0.05, 0) is 24.7 Å². The van der Waals surface area contributed by atoms with Crippen molar-refractivity contribution >= 4 is 23.5 Å². The topological polar surface area (TPSA) is 49.4 Å². The highest BCUT2D eigenvalue weighted by molar-refractivity contribution is 6.28. The summed E-state index contributed by atoms with van der Waals surface area (Å²) < 4.78 is 0. The Morgan fingerprint density at radius 2 is 2.07 bits per heavy atom. The van der Waals surface area contributed by atoms with Gasteiger partial charge in [-0.3, -0.25) is 10.1 Å². The zero-order valence-corrected chi connectivity index (χ0v) is 8.64. The van der Waals surface area contributed by atoms with Crippen LogP contribution in [0.2, 0.25) is 0 Å². The number of nitrogens with one attached hydrogen (secondary N) is 1.